The molecule has 1 aliphatic heterocycles. The standard InChI is InChI=1S/C23H28ClN3O4/c1-4-5-22(28)27-12-10-26(11-13-27)19-8-7-17(24)15-18(19)25-23(29)16-6-9-20(30-2)21(14-16)31-3/h6-9,14-15H,4-5,10-13H2,1-3H3,(H,25,29). The predicted octanol–water partition coefficient (Wildman–Crippen LogP) is 4.06. The van der Waals surface area contributed by atoms with Crippen LogP contribution in [0.4, 0.5) is 11.4 Å². The number of benzene rings is 2. The van der Waals surface area contributed by atoms with Gasteiger partial charge in [0.1, 0.15) is 0 Å². The molecule has 1 saturated heterocycles. The molecule has 2 amide bonds. The molecule has 0 radical (unpaired) electrons. The van der Waals surface area contributed by atoms with Gasteiger partial charge in [-0.15, -0.1) is 0 Å². The summed E-state index contributed by atoms with van der Waals surface area (Å²) in [6.07, 6.45) is 1.43. The van der Waals surface area contributed by atoms with Crippen LogP contribution in [0.3, 0.4) is 0 Å². The molecular weight excluding hydrogens is 418 g/mol. The zero-order valence-corrected chi connectivity index (χ0v) is 18.9. The lowest BCUT2D eigenvalue weighted by Gasteiger charge is -2.37. The lowest BCUT2D eigenvalue weighted by atomic mass is 10.1. The number of carbonyl (C=O) groups excluding carboxylic acids is 2. The molecule has 1 heterocycles. The van der Waals surface area contributed by atoms with Crippen molar-refractivity contribution in [1.29, 1.82) is 0 Å². The molecule has 0 aromatic heterocycles. The summed E-state index contributed by atoms with van der Waals surface area (Å²) in [5.41, 5.74) is 1.94. The minimum Gasteiger partial charge on any atom is -0.493 e. The molecule has 8 heteroatoms. The number of methoxy groups -OCH3 is 2. The van der Waals surface area contributed by atoms with Crippen LogP contribution in [0.15, 0.2) is 36.4 Å². The minimum atomic E-state index is -0.277. The van der Waals surface area contributed by atoms with Crippen LogP contribution in [0.25, 0.3) is 0 Å². The number of hydrogen-bond donors (Lipinski definition) is 1. The lowest BCUT2D eigenvalue weighted by Crippen LogP contribution is -2.48. The maximum Gasteiger partial charge on any atom is 0.255 e. The molecule has 2 aromatic carbocycles. The zero-order valence-electron chi connectivity index (χ0n) is 18.1. The molecule has 0 saturated carbocycles. The highest BCUT2D eigenvalue weighted by atomic mass is 35.5. The van der Waals surface area contributed by atoms with Gasteiger partial charge in [0.2, 0.25) is 5.91 Å². The molecule has 31 heavy (non-hydrogen) atoms. The average molecular weight is 446 g/mol. The van der Waals surface area contributed by atoms with Crippen molar-refractivity contribution < 1.29 is 19.1 Å². The number of anilines is 2. The van der Waals surface area contributed by atoms with Crippen molar-refractivity contribution in [1.82, 2.24) is 4.90 Å². The fourth-order valence-corrected chi connectivity index (χ4v) is 3.80. The third-order valence-corrected chi connectivity index (χ3v) is 5.52. The van der Waals surface area contributed by atoms with E-state index in [-0.39, 0.29) is 11.8 Å². The Labute approximate surface area is 187 Å². The second-order valence-corrected chi connectivity index (χ2v) is 7.74. The summed E-state index contributed by atoms with van der Waals surface area (Å²) in [4.78, 5) is 29.2. The molecule has 7 nitrogen and oxygen atoms in total. The van der Waals surface area contributed by atoms with E-state index in [1.54, 1.807) is 37.4 Å². The van der Waals surface area contributed by atoms with Gasteiger partial charge >= 0.3 is 0 Å². The molecule has 0 bridgehead atoms. The molecular formula is C23H28ClN3O4. The van der Waals surface area contributed by atoms with Gasteiger partial charge in [-0.1, -0.05) is 18.5 Å². The maximum absolute atomic E-state index is 12.9. The Kier molecular flexibility index (Phi) is 7.63. The number of halogens is 1. The van der Waals surface area contributed by atoms with Gasteiger partial charge in [-0.3, -0.25) is 9.59 Å². The van der Waals surface area contributed by atoms with Crippen molar-refractivity contribution in [3.63, 3.8) is 0 Å². The van der Waals surface area contributed by atoms with E-state index in [4.69, 9.17) is 21.1 Å². The first-order valence-electron chi connectivity index (χ1n) is 10.3. The van der Waals surface area contributed by atoms with Crippen LogP contribution in [0.2, 0.25) is 5.02 Å². The molecule has 2 aromatic rings. The number of rotatable bonds is 7. The Morgan fingerprint density at radius 2 is 1.71 bits per heavy atom. The van der Waals surface area contributed by atoms with Crippen LogP contribution in [-0.4, -0.2) is 57.1 Å². The second-order valence-electron chi connectivity index (χ2n) is 7.30. The van der Waals surface area contributed by atoms with Gasteiger partial charge in [-0.2, -0.15) is 0 Å². The average Bonchev–Trinajstić information content (AvgIpc) is 2.79. The van der Waals surface area contributed by atoms with Crippen molar-refractivity contribution in [3.8, 4) is 11.5 Å². The van der Waals surface area contributed by atoms with Crippen molar-refractivity contribution in [2.24, 2.45) is 0 Å². The summed E-state index contributed by atoms with van der Waals surface area (Å²) in [5, 5.41) is 3.50. The van der Waals surface area contributed by atoms with Crippen LogP contribution in [0.1, 0.15) is 30.1 Å². The summed E-state index contributed by atoms with van der Waals surface area (Å²) in [6, 6.07) is 10.5. The predicted molar refractivity (Wildman–Crippen MR) is 123 cm³/mol. The topological polar surface area (TPSA) is 71.1 Å². The fraction of sp³-hybridized carbons (Fsp3) is 0.391. The summed E-state index contributed by atoms with van der Waals surface area (Å²) in [6.45, 7) is 4.71. The quantitative estimate of drug-likeness (QED) is 0.695. The first-order valence-corrected chi connectivity index (χ1v) is 10.7. The Bertz CT molecular complexity index is 942. The summed E-state index contributed by atoms with van der Waals surface area (Å²) >= 11 is 6.21. The number of piperazine rings is 1. The van der Waals surface area contributed by atoms with Crippen LogP contribution in [-0.2, 0) is 4.79 Å². The first-order chi connectivity index (χ1) is 15.0. The van der Waals surface area contributed by atoms with Gasteiger partial charge in [0, 0.05) is 43.2 Å². The number of carbonyl (C=O) groups is 2. The highest BCUT2D eigenvalue weighted by molar-refractivity contribution is 6.31. The third kappa shape index (κ3) is 5.41. The van der Waals surface area contributed by atoms with Gasteiger partial charge in [-0.05, 0) is 42.8 Å². The van der Waals surface area contributed by atoms with E-state index in [1.807, 2.05) is 17.9 Å². The van der Waals surface area contributed by atoms with Gasteiger partial charge in [0.15, 0.2) is 11.5 Å². The molecule has 0 aliphatic carbocycles. The van der Waals surface area contributed by atoms with Crippen LogP contribution in [0.5, 0.6) is 11.5 Å². The fourth-order valence-electron chi connectivity index (χ4n) is 3.62. The van der Waals surface area contributed by atoms with E-state index in [0.29, 0.717) is 60.4 Å². The van der Waals surface area contributed by atoms with Gasteiger partial charge in [0.05, 0.1) is 25.6 Å². The van der Waals surface area contributed by atoms with Crippen molar-refractivity contribution >= 4 is 34.8 Å². The lowest BCUT2D eigenvalue weighted by molar-refractivity contribution is -0.131. The van der Waals surface area contributed by atoms with Crippen molar-refractivity contribution in [3.05, 3.63) is 47.0 Å². The minimum absolute atomic E-state index is 0.195. The van der Waals surface area contributed by atoms with Crippen molar-refractivity contribution in [2.75, 3.05) is 50.6 Å². The maximum atomic E-state index is 12.9. The molecule has 0 unspecified atom stereocenters. The SMILES string of the molecule is CCCC(=O)N1CCN(c2ccc(Cl)cc2NC(=O)c2ccc(OC)c(OC)c2)CC1. The third-order valence-electron chi connectivity index (χ3n) is 5.29. The number of amides is 2. The van der Waals surface area contributed by atoms with E-state index in [9.17, 15) is 9.59 Å². The summed E-state index contributed by atoms with van der Waals surface area (Å²) in [5.74, 6) is 0.953. The first kappa shape index (κ1) is 22.7. The smallest absolute Gasteiger partial charge is 0.255 e. The van der Waals surface area contributed by atoms with Gasteiger partial charge < -0.3 is 24.6 Å². The highest BCUT2D eigenvalue weighted by Crippen LogP contribution is 2.32. The van der Waals surface area contributed by atoms with E-state index < -0.39 is 0 Å². The van der Waals surface area contributed by atoms with Gasteiger partial charge in [-0.25, -0.2) is 0 Å². The molecule has 1 fully saturated rings. The highest BCUT2D eigenvalue weighted by Gasteiger charge is 2.23. The summed E-state index contributed by atoms with van der Waals surface area (Å²) in [7, 11) is 3.07. The van der Waals surface area contributed by atoms with E-state index >= 15 is 0 Å². The number of nitrogens with zero attached hydrogens (tertiary/aromatic N) is 2. The Morgan fingerprint density at radius 3 is 2.35 bits per heavy atom. The Morgan fingerprint density at radius 1 is 1.00 bits per heavy atom. The van der Waals surface area contributed by atoms with Crippen LogP contribution >= 0.6 is 11.6 Å². The monoisotopic (exact) mass is 445 g/mol. The van der Waals surface area contributed by atoms with Crippen LogP contribution in [0, 0.1) is 0 Å². The Hall–Kier alpha value is -2.93. The zero-order chi connectivity index (χ0) is 22.4. The summed E-state index contributed by atoms with van der Waals surface area (Å²) < 4.78 is 10.5. The number of hydrogen-bond acceptors (Lipinski definition) is 5. The molecule has 3 rings (SSSR count). The van der Waals surface area contributed by atoms with E-state index in [0.717, 1.165) is 12.1 Å². The molecule has 0 atom stereocenters. The molecule has 0 spiro atoms. The normalized spacial score (nSPS) is 13.7. The van der Waals surface area contributed by atoms with E-state index in [2.05, 4.69) is 10.2 Å². The largest absolute Gasteiger partial charge is 0.493 e. The van der Waals surface area contributed by atoms with Gasteiger partial charge in [0.25, 0.3) is 5.91 Å². The van der Waals surface area contributed by atoms with E-state index in [1.165, 1.54) is 7.11 Å². The van der Waals surface area contributed by atoms with Crippen LogP contribution < -0.4 is 19.7 Å². The molecule has 1 N–H and O–H groups in total. The van der Waals surface area contributed by atoms with Crippen molar-refractivity contribution in [2.45, 2.75) is 19.8 Å². The molecule has 1 aliphatic rings. The number of ether oxygens (including phenoxy) is 2. The Balaban J connectivity index is 1.76. The molecule has 166 valence electrons. The number of nitrogens with one attached hydrogen (secondary N) is 1. The second kappa shape index (κ2) is 10.4.